The summed E-state index contributed by atoms with van der Waals surface area (Å²) in [6.45, 7) is 9.61. The largest absolute Gasteiger partial charge is 0.487 e. The molecule has 2 atom stereocenters. The summed E-state index contributed by atoms with van der Waals surface area (Å²) in [4.78, 5) is 13.1. The second-order valence-corrected chi connectivity index (χ2v) is 14.5. The molecule has 51 heavy (non-hydrogen) atoms. The van der Waals surface area contributed by atoms with Crippen molar-refractivity contribution in [1.29, 1.82) is 0 Å². The predicted octanol–water partition coefficient (Wildman–Crippen LogP) is 14.6. The van der Waals surface area contributed by atoms with Crippen LogP contribution in [0, 0.1) is 0 Å². The first-order valence-electron chi connectivity index (χ1n) is 20.9. The molecule has 0 aliphatic rings. The minimum absolute atomic E-state index is 0.0725. The van der Waals surface area contributed by atoms with Gasteiger partial charge in [-0.2, -0.15) is 0 Å². The van der Waals surface area contributed by atoms with Crippen molar-refractivity contribution in [3.8, 4) is 22.6 Å². The van der Waals surface area contributed by atoms with Crippen molar-refractivity contribution in [1.82, 2.24) is 0 Å². The molecule has 0 amide bonds. The third-order valence-electron chi connectivity index (χ3n) is 10.0. The maximum Gasteiger partial charge on any atom is 0.343 e. The Morgan fingerprint density at radius 2 is 1.02 bits per heavy atom. The second kappa shape index (κ2) is 26.6. The van der Waals surface area contributed by atoms with E-state index < -0.39 is 0 Å². The van der Waals surface area contributed by atoms with Crippen LogP contribution in [0.2, 0.25) is 0 Å². The van der Waals surface area contributed by atoms with E-state index in [4.69, 9.17) is 14.2 Å². The molecule has 0 saturated heterocycles. The van der Waals surface area contributed by atoms with Gasteiger partial charge in [-0.1, -0.05) is 185 Å². The molecule has 0 heterocycles. The number of benzene rings is 3. The highest BCUT2D eigenvalue weighted by Gasteiger charge is 2.16. The van der Waals surface area contributed by atoms with Gasteiger partial charge in [0, 0.05) is 6.61 Å². The van der Waals surface area contributed by atoms with E-state index in [0.717, 1.165) is 56.3 Å². The van der Waals surface area contributed by atoms with Gasteiger partial charge in [-0.05, 0) is 67.1 Å². The molecule has 2 unspecified atom stereocenters. The van der Waals surface area contributed by atoms with Crippen molar-refractivity contribution in [3.63, 3.8) is 0 Å². The highest BCUT2D eigenvalue weighted by molar-refractivity contribution is 5.92. The fourth-order valence-corrected chi connectivity index (χ4v) is 6.74. The fourth-order valence-electron chi connectivity index (χ4n) is 6.74. The van der Waals surface area contributed by atoms with Crippen LogP contribution in [0.1, 0.15) is 185 Å². The third kappa shape index (κ3) is 17.3. The summed E-state index contributed by atoms with van der Waals surface area (Å²) >= 11 is 0. The molecule has 0 fully saturated rings. The maximum absolute atomic E-state index is 13.1. The van der Waals surface area contributed by atoms with Crippen molar-refractivity contribution < 1.29 is 19.0 Å². The number of hydrogen-bond donors (Lipinski definition) is 0. The molecule has 0 aliphatic heterocycles. The van der Waals surface area contributed by atoms with Crippen LogP contribution in [0.25, 0.3) is 11.1 Å². The summed E-state index contributed by atoms with van der Waals surface area (Å²) in [7, 11) is 0. The Labute approximate surface area is 312 Å². The number of carbonyl (C=O) groups is 1. The number of carbonyl (C=O) groups excluding carboxylic acids is 1. The topological polar surface area (TPSA) is 44.8 Å². The molecule has 0 saturated carbocycles. The lowest BCUT2D eigenvalue weighted by Crippen LogP contribution is -2.17. The Balaban J connectivity index is 1.31. The van der Waals surface area contributed by atoms with E-state index >= 15 is 0 Å². The quantitative estimate of drug-likeness (QED) is 0.0411. The Kier molecular flexibility index (Phi) is 22.1. The summed E-state index contributed by atoms with van der Waals surface area (Å²) in [5, 5.41) is 0. The first-order valence-corrected chi connectivity index (χ1v) is 20.9. The van der Waals surface area contributed by atoms with E-state index in [0.29, 0.717) is 17.1 Å². The third-order valence-corrected chi connectivity index (χ3v) is 10.0. The molecule has 282 valence electrons. The number of ether oxygens (including phenoxy) is 3. The van der Waals surface area contributed by atoms with Gasteiger partial charge >= 0.3 is 5.97 Å². The van der Waals surface area contributed by atoms with Crippen LogP contribution in [-0.4, -0.2) is 18.7 Å². The number of rotatable bonds is 29. The molecular formula is C47H70O4. The Morgan fingerprint density at radius 3 is 1.55 bits per heavy atom. The van der Waals surface area contributed by atoms with Crippen LogP contribution in [0.5, 0.6) is 11.5 Å². The second-order valence-electron chi connectivity index (χ2n) is 14.5. The van der Waals surface area contributed by atoms with E-state index in [9.17, 15) is 4.79 Å². The van der Waals surface area contributed by atoms with Gasteiger partial charge < -0.3 is 14.2 Å². The van der Waals surface area contributed by atoms with Crippen LogP contribution in [-0.2, 0) is 4.74 Å². The average molecular weight is 699 g/mol. The zero-order valence-electron chi connectivity index (χ0n) is 32.8. The monoisotopic (exact) mass is 699 g/mol. The van der Waals surface area contributed by atoms with Gasteiger partial charge in [0.05, 0.1) is 17.8 Å². The van der Waals surface area contributed by atoms with Gasteiger partial charge in [0.1, 0.15) is 0 Å². The van der Waals surface area contributed by atoms with E-state index in [2.05, 4.69) is 52.0 Å². The number of unbranched alkanes of at least 4 members (excludes halogenated alkanes) is 16. The molecule has 0 radical (unpaired) electrons. The summed E-state index contributed by atoms with van der Waals surface area (Å²) < 4.78 is 18.3. The van der Waals surface area contributed by atoms with Crippen molar-refractivity contribution in [2.75, 3.05) is 6.61 Å². The van der Waals surface area contributed by atoms with Crippen molar-refractivity contribution in [2.45, 2.75) is 175 Å². The number of para-hydroxylation sites is 2. The predicted molar refractivity (Wildman–Crippen MR) is 216 cm³/mol. The summed E-state index contributed by atoms with van der Waals surface area (Å²) in [6.07, 6.45) is 27.6. The van der Waals surface area contributed by atoms with Gasteiger partial charge in [0.25, 0.3) is 0 Å². The van der Waals surface area contributed by atoms with Crippen LogP contribution in [0.4, 0.5) is 0 Å². The Hall–Kier alpha value is -3.11. The molecule has 0 aliphatic carbocycles. The molecule has 3 aromatic carbocycles. The van der Waals surface area contributed by atoms with Gasteiger partial charge in [-0.25, -0.2) is 4.79 Å². The molecule has 0 spiro atoms. The van der Waals surface area contributed by atoms with Crippen LogP contribution in [0.15, 0.2) is 72.8 Å². The molecule has 0 N–H and O–H groups in total. The molecule has 0 aromatic heterocycles. The van der Waals surface area contributed by atoms with Crippen LogP contribution >= 0.6 is 0 Å². The van der Waals surface area contributed by atoms with Crippen molar-refractivity contribution >= 4 is 5.97 Å². The lowest BCUT2D eigenvalue weighted by molar-refractivity contribution is 0.0627. The van der Waals surface area contributed by atoms with Gasteiger partial charge in [0.2, 0.25) is 0 Å². The lowest BCUT2D eigenvalue weighted by Gasteiger charge is -2.20. The Bertz CT molecular complexity index is 1300. The first kappa shape index (κ1) is 42.3. The highest BCUT2D eigenvalue weighted by Crippen LogP contribution is 2.31. The average Bonchev–Trinajstić information content (AvgIpc) is 3.16. The molecule has 0 bridgehead atoms. The van der Waals surface area contributed by atoms with Gasteiger partial charge in [-0.3, -0.25) is 0 Å². The first-order chi connectivity index (χ1) is 25.0. The van der Waals surface area contributed by atoms with Crippen LogP contribution < -0.4 is 9.47 Å². The number of hydrogen-bond acceptors (Lipinski definition) is 4. The van der Waals surface area contributed by atoms with E-state index in [1.165, 1.54) is 102 Å². The van der Waals surface area contributed by atoms with E-state index in [-0.39, 0.29) is 18.2 Å². The summed E-state index contributed by atoms with van der Waals surface area (Å²) in [5.41, 5.74) is 3.86. The summed E-state index contributed by atoms with van der Waals surface area (Å²) in [5.74, 6) is 0.704. The van der Waals surface area contributed by atoms with Crippen molar-refractivity contribution in [3.05, 3.63) is 83.9 Å². The molecule has 3 rings (SSSR count). The minimum atomic E-state index is -0.385. The normalized spacial score (nSPS) is 12.5. The van der Waals surface area contributed by atoms with Crippen molar-refractivity contribution in [2.24, 2.45) is 0 Å². The lowest BCUT2D eigenvalue weighted by atomic mass is 10.0. The fraction of sp³-hybridized carbons (Fsp3) is 0.596. The van der Waals surface area contributed by atoms with E-state index in [1.54, 1.807) is 6.07 Å². The zero-order valence-corrected chi connectivity index (χ0v) is 32.8. The molecule has 3 aromatic rings. The van der Waals surface area contributed by atoms with Gasteiger partial charge in [-0.15, -0.1) is 0 Å². The molecular weight excluding hydrogens is 629 g/mol. The minimum Gasteiger partial charge on any atom is -0.487 e. The molecule has 4 nitrogen and oxygen atoms in total. The van der Waals surface area contributed by atoms with Crippen LogP contribution in [0.3, 0.4) is 0 Å². The van der Waals surface area contributed by atoms with Gasteiger partial charge in [0.15, 0.2) is 11.5 Å². The van der Waals surface area contributed by atoms with E-state index in [1.807, 2.05) is 42.5 Å². The highest BCUT2D eigenvalue weighted by atomic mass is 16.6. The SMILES string of the molecule is CCCCCCCCCCCCCCCCCCOC(C)c1ccc(-c2ccc(C(=O)Oc3ccccc3OC(CCC)CCCC)cc2)cc1. The number of esters is 1. The standard InChI is InChI=1S/C47H70O4/c1-5-8-10-11-12-13-14-15-16-17-18-19-20-21-22-25-38-49-39(4)40-30-32-41(33-31-40)42-34-36-43(37-35-42)47(48)51-46-29-24-23-28-45(46)50-44(26-7-3)27-9-6-2/h23-24,28-37,39,44H,5-22,25-27,38H2,1-4H3. The summed E-state index contributed by atoms with van der Waals surface area (Å²) in [6, 6.07) is 23.7. The maximum atomic E-state index is 13.1. The Morgan fingerprint density at radius 1 is 0.529 bits per heavy atom. The molecule has 4 heteroatoms. The zero-order chi connectivity index (χ0) is 36.4. The smallest absolute Gasteiger partial charge is 0.343 e.